The first kappa shape index (κ1) is 19.7. The highest BCUT2D eigenvalue weighted by Crippen LogP contribution is 2.36. The predicted octanol–water partition coefficient (Wildman–Crippen LogP) is -0.272. The van der Waals surface area contributed by atoms with Crippen molar-refractivity contribution >= 4 is 27.5 Å². The van der Waals surface area contributed by atoms with E-state index in [4.69, 9.17) is 14.6 Å². The molecule has 0 fully saturated rings. The highest BCUT2D eigenvalue weighted by molar-refractivity contribution is 7.18. The number of rotatable bonds is 7. The fourth-order valence-electron chi connectivity index (χ4n) is 3.03. The van der Waals surface area contributed by atoms with E-state index in [9.17, 15) is 14.4 Å². The van der Waals surface area contributed by atoms with Gasteiger partial charge in [0.25, 0.3) is 5.56 Å². The van der Waals surface area contributed by atoms with Crippen molar-refractivity contribution in [1.82, 2.24) is 14.9 Å². The Balaban J connectivity index is 1.83. The highest BCUT2D eigenvalue weighted by Gasteiger charge is 2.31. The van der Waals surface area contributed by atoms with Gasteiger partial charge in [0.2, 0.25) is 5.91 Å². The summed E-state index contributed by atoms with van der Waals surface area (Å²) in [6.07, 6.45) is 0.567. The first-order valence-electron chi connectivity index (χ1n) is 8.69. The van der Waals surface area contributed by atoms with Crippen molar-refractivity contribution < 1.29 is 19.4 Å². The molecule has 3 heterocycles. The van der Waals surface area contributed by atoms with Gasteiger partial charge in [0.1, 0.15) is 11.4 Å². The molecular formula is C17H23N3O6S. The average molecular weight is 397 g/mol. The van der Waals surface area contributed by atoms with Crippen LogP contribution in [0.1, 0.15) is 24.3 Å². The number of fused-ring (bicyclic) bond motifs is 3. The number of carbonyl (C=O) groups is 1. The van der Waals surface area contributed by atoms with Crippen molar-refractivity contribution in [2.75, 3.05) is 26.4 Å². The summed E-state index contributed by atoms with van der Waals surface area (Å²) in [5, 5.41) is 11.7. The van der Waals surface area contributed by atoms with Crippen molar-refractivity contribution in [3.05, 3.63) is 31.3 Å². The number of H-pyrrole nitrogens is 1. The van der Waals surface area contributed by atoms with Gasteiger partial charge in [-0.2, -0.15) is 0 Å². The number of aromatic amines is 1. The predicted molar refractivity (Wildman–Crippen MR) is 100 cm³/mol. The number of carbonyl (C=O) groups excluding carboxylic acids is 1. The number of hydrogen-bond acceptors (Lipinski definition) is 7. The molecule has 3 N–H and O–H groups in total. The maximum atomic E-state index is 12.9. The minimum Gasteiger partial charge on any atom is -0.394 e. The fourth-order valence-corrected chi connectivity index (χ4v) is 4.14. The smallest absolute Gasteiger partial charge is 0.329 e. The summed E-state index contributed by atoms with van der Waals surface area (Å²) in [6.45, 7) is 4.51. The lowest BCUT2D eigenvalue weighted by atomic mass is 9.94. The second-order valence-corrected chi connectivity index (χ2v) is 8.05. The molecule has 27 heavy (non-hydrogen) atoms. The molecule has 148 valence electrons. The molecule has 3 rings (SSSR count). The molecule has 0 saturated carbocycles. The summed E-state index contributed by atoms with van der Waals surface area (Å²) in [4.78, 5) is 41.4. The molecule has 2 aromatic heterocycles. The first-order valence-corrected chi connectivity index (χ1v) is 9.50. The summed E-state index contributed by atoms with van der Waals surface area (Å²) in [5.74, 6) is -0.456. The SMILES string of the molecule is CC1(C)Cc2c(sc3[nH]c(=O)n(CC(=O)NCCOCCO)c(=O)c23)CO1. The third kappa shape index (κ3) is 4.29. The molecule has 1 aliphatic heterocycles. The normalized spacial score (nSPS) is 15.7. The zero-order valence-corrected chi connectivity index (χ0v) is 16.1. The molecule has 1 amide bonds. The highest BCUT2D eigenvalue weighted by atomic mass is 32.1. The Morgan fingerprint density at radius 3 is 2.93 bits per heavy atom. The van der Waals surface area contributed by atoms with Crippen LogP contribution in [0.25, 0.3) is 10.2 Å². The molecule has 2 aromatic rings. The number of amides is 1. The van der Waals surface area contributed by atoms with E-state index >= 15 is 0 Å². The van der Waals surface area contributed by atoms with E-state index in [0.29, 0.717) is 23.2 Å². The van der Waals surface area contributed by atoms with Crippen LogP contribution in [-0.2, 0) is 33.8 Å². The molecular weight excluding hydrogens is 374 g/mol. The molecule has 0 spiro atoms. The van der Waals surface area contributed by atoms with E-state index in [1.54, 1.807) is 0 Å². The van der Waals surface area contributed by atoms with Crippen molar-refractivity contribution in [3.63, 3.8) is 0 Å². The van der Waals surface area contributed by atoms with Gasteiger partial charge < -0.3 is 19.9 Å². The minimum atomic E-state index is -0.613. The lowest BCUT2D eigenvalue weighted by Gasteiger charge is -2.29. The van der Waals surface area contributed by atoms with Gasteiger partial charge in [-0.3, -0.25) is 19.1 Å². The Bertz CT molecular complexity index is 958. The van der Waals surface area contributed by atoms with Crippen LogP contribution >= 0.6 is 11.3 Å². The third-order valence-electron chi connectivity index (χ3n) is 4.32. The van der Waals surface area contributed by atoms with Gasteiger partial charge in [-0.15, -0.1) is 11.3 Å². The Morgan fingerprint density at radius 2 is 2.19 bits per heavy atom. The number of aromatic nitrogens is 2. The van der Waals surface area contributed by atoms with Crippen LogP contribution in [0.3, 0.4) is 0 Å². The molecule has 0 radical (unpaired) electrons. The molecule has 0 aliphatic carbocycles. The van der Waals surface area contributed by atoms with Crippen LogP contribution in [-0.4, -0.2) is 52.5 Å². The van der Waals surface area contributed by atoms with E-state index in [2.05, 4.69) is 10.3 Å². The number of nitrogens with zero attached hydrogens (tertiary/aromatic N) is 1. The molecule has 1 aliphatic rings. The summed E-state index contributed by atoms with van der Waals surface area (Å²) < 4.78 is 11.7. The number of aliphatic hydroxyl groups is 1. The summed E-state index contributed by atoms with van der Waals surface area (Å²) in [6, 6.07) is 0. The molecule has 0 atom stereocenters. The maximum Gasteiger partial charge on any atom is 0.329 e. The standard InChI is InChI=1S/C17H23N3O6S/c1-17(2)7-10-11(9-26-17)27-14-13(10)15(23)20(16(24)19-14)8-12(22)18-3-5-25-6-4-21/h21H,3-9H2,1-2H3,(H,18,22)(H,19,24). The largest absolute Gasteiger partial charge is 0.394 e. The second-order valence-electron chi connectivity index (χ2n) is 6.94. The molecule has 0 saturated heterocycles. The molecule has 0 bridgehead atoms. The summed E-state index contributed by atoms with van der Waals surface area (Å²) in [7, 11) is 0. The van der Waals surface area contributed by atoms with Gasteiger partial charge in [0.05, 0.1) is 37.4 Å². The Labute approximate surface area is 158 Å². The fraction of sp³-hybridized carbons (Fsp3) is 0.588. The zero-order valence-electron chi connectivity index (χ0n) is 15.3. The molecule has 0 aromatic carbocycles. The average Bonchev–Trinajstić information content (AvgIpc) is 2.94. The van der Waals surface area contributed by atoms with Crippen molar-refractivity contribution in [1.29, 1.82) is 0 Å². The van der Waals surface area contributed by atoms with Gasteiger partial charge >= 0.3 is 5.69 Å². The lowest BCUT2D eigenvalue weighted by Crippen LogP contribution is -2.41. The van der Waals surface area contributed by atoms with Gasteiger partial charge in [0, 0.05) is 17.8 Å². The van der Waals surface area contributed by atoms with E-state index in [0.717, 1.165) is 15.0 Å². The van der Waals surface area contributed by atoms with Gasteiger partial charge in [-0.05, 0) is 19.4 Å². The second kappa shape index (κ2) is 7.93. The van der Waals surface area contributed by atoms with Crippen LogP contribution < -0.4 is 16.6 Å². The minimum absolute atomic E-state index is 0.0917. The number of aliphatic hydroxyl groups excluding tert-OH is 1. The monoisotopic (exact) mass is 397 g/mol. The van der Waals surface area contributed by atoms with E-state index in [1.165, 1.54) is 11.3 Å². The molecule has 10 heteroatoms. The Hall–Kier alpha value is -2.01. The number of ether oxygens (including phenoxy) is 2. The van der Waals surface area contributed by atoms with Crippen LogP contribution in [0, 0.1) is 0 Å². The van der Waals surface area contributed by atoms with Crippen molar-refractivity contribution in [3.8, 4) is 0 Å². The molecule has 0 unspecified atom stereocenters. The number of nitrogens with one attached hydrogen (secondary N) is 2. The van der Waals surface area contributed by atoms with Crippen molar-refractivity contribution in [2.45, 2.75) is 39.0 Å². The van der Waals surface area contributed by atoms with Gasteiger partial charge in [0.15, 0.2) is 0 Å². The Kier molecular flexibility index (Phi) is 5.80. The van der Waals surface area contributed by atoms with Crippen molar-refractivity contribution in [2.24, 2.45) is 0 Å². The third-order valence-corrected chi connectivity index (χ3v) is 5.44. The number of thiophene rings is 1. The topological polar surface area (TPSA) is 123 Å². The van der Waals surface area contributed by atoms with Crippen LogP contribution in [0.2, 0.25) is 0 Å². The van der Waals surface area contributed by atoms with E-state index < -0.39 is 17.2 Å². The van der Waals surface area contributed by atoms with Gasteiger partial charge in [-0.1, -0.05) is 0 Å². The van der Waals surface area contributed by atoms with Crippen LogP contribution in [0.4, 0.5) is 0 Å². The van der Waals surface area contributed by atoms with Crippen LogP contribution in [0.5, 0.6) is 0 Å². The van der Waals surface area contributed by atoms with E-state index in [-0.39, 0.29) is 38.5 Å². The summed E-state index contributed by atoms with van der Waals surface area (Å²) >= 11 is 1.35. The molecule has 9 nitrogen and oxygen atoms in total. The number of hydrogen-bond donors (Lipinski definition) is 3. The zero-order chi connectivity index (χ0) is 19.6. The Morgan fingerprint density at radius 1 is 1.41 bits per heavy atom. The van der Waals surface area contributed by atoms with Gasteiger partial charge in [-0.25, -0.2) is 4.79 Å². The lowest BCUT2D eigenvalue weighted by molar-refractivity contribution is -0.122. The first-order chi connectivity index (χ1) is 12.8. The maximum absolute atomic E-state index is 12.9. The van der Waals surface area contributed by atoms with Crippen LogP contribution in [0.15, 0.2) is 9.59 Å². The quantitative estimate of drug-likeness (QED) is 0.553. The van der Waals surface area contributed by atoms with E-state index in [1.807, 2.05) is 13.8 Å². The summed E-state index contributed by atoms with van der Waals surface area (Å²) in [5.41, 5.74) is -0.576.